The number of nitrogens with zero attached hydrogens (tertiary/aromatic N) is 2. The third kappa shape index (κ3) is 2.26. The molecule has 1 aromatic rings. The first-order valence-corrected chi connectivity index (χ1v) is 6.45. The summed E-state index contributed by atoms with van der Waals surface area (Å²) in [4.78, 5) is 18.2. The molecule has 16 heavy (non-hydrogen) atoms. The quantitative estimate of drug-likeness (QED) is 0.799. The number of pyridine rings is 1. The molecule has 1 aliphatic heterocycles. The minimum Gasteiger partial charge on any atom is -0.356 e. The lowest BCUT2D eigenvalue weighted by atomic mass is 10.1. The highest BCUT2D eigenvalue weighted by molar-refractivity contribution is 9.10. The molecule has 0 aromatic carbocycles. The lowest BCUT2D eigenvalue weighted by Gasteiger charge is -2.18. The van der Waals surface area contributed by atoms with Gasteiger partial charge in [-0.1, -0.05) is 6.92 Å². The molecule has 1 aliphatic rings. The van der Waals surface area contributed by atoms with Crippen LogP contribution in [0.15, 0.2) is 16.7 Å². The van der Waals surface area contributed by atoms with E-state index < -0.39 is 0 Å². The normalized spacial score (nSPS) is 15.5. The lowest BCUT2D eigenvalue weighted by Crippen LogP contribution is -2.19. The molecular formula is C12H15BrN2O. The van der Waals surface area contributed by atoms with Crippen molar-refractivity contribution in [3.8, 4) is 0 Å². The zero-order chi connectivity index (χ0) is 11.5. The molecule has 0 N–H and O–H groups in total. The summed E-state index contributed by atoms with van der Waals surface area (Å²) in [7, 11) is 0. The van der Waals surface area contributed by atoms with Gasteiger partial charge in [0.05, 0.1) is 4.47 Å². The van der Waals surface area contributed by atoms with Gasteiger partial charge in [-0.2, -0.15) is 0 Å². The van der Waals surface area contributed by atoms with Gasteiger partial charge < -0.3 is 4.90 Å². The Balaban J connectivity index is 2.25. The van der Waals surface area contributed by atoms with Crippen LogP contribution in [0.4, 0.5) is 5.82 Å². The Morgan fingerprint density at radius 1 is 1.50 bits per heavy atom. The fraction of sp³-hybridized carbons (Fsp3) is 0.500. The number of rotatable bonds is 3. The van der Waals surface area contributed by atoms with E-state index in [4.69, 9.17) is 0 Å². The number of ketones is 1. The molecule has 3 nitrogen and oxygen atoms in total. The Labute approximate surface area is 104 Å². The van der Waals surface area contributed by atoms with E-state index in [1.165, 1.54) is 12.8 Å². The molecule has 0 aliphatic carbocycles. The number of carbonyl (C=O) groups excluding carboxylic acids is 1. The Hall–Kier alpha value is -0.900. The first kappa shape index (κ1) is 11.6. The summed E-state index contributed by atoms with van der Waals surface area (Å²) in [6.45, 7) is 3.99. The molecule has 0 bridgehead atoms. The molecule has 0 unspecified atom stereocenters. The fourth-order valence-electron chi connectivity index (χ4n) is 1.95. The summed E-state index contributed by atoms with van der Waals surface area (Å²) in [6, 6.07) is 1.88. The smallest absolute Gasteiger partial charge is 0.164 e. The standard InChI is InChI=1S/C12H15BrN2O/c1-2-11(16)9-7-10(13)12(14-8-9)15-5-3-4-6-15/h7-8H,2-6H2,1H3. The monoisotopic (exact) mass is 282 g/mol. The van der Waals surface area contributed by atoms with Gasteiger partial charge in [-0.3, -0.25) is 4.79 Å². The average molecular weight is 283 g/mol. The number of Topliss-reactive ketones (excluding diaryl/α,β-unsaturated/α-hetero) is 1. The maximum Gasteiger partial charge on any atom is 0.164 e. The fourth-order valence-corrected chi connectivity index (χ4v) is 2.55. The Morgan fingerprint density at radius 3 is 2.75 bits per heavy atom. The molecule has 0 amide bonds. The van der Waals surface area contributed by atoms with Crippen molar-refractivity contribution in [2.45, 2.75) is 26.2 Å². The van der Waals surface area contributed by atoms with Crippen LogP contribution in [0.3, 0.4) is 0 Å². The predicted octanol–water partition coefficient (Wildman–Crippen LogP) is 3.04. The average Bonchev–Trinajstić information content (AvgIpc) is 2.81. The maximum atomic E-state index is 11.5. The first-order valence-electron chi connectivity index (χ1n) is 5.66. The van der Waals surface area contributed by atoms with Crippen LogP contribution in [0.1, 0.15) is 36.5 Å². The van der Waals surface area contributed by atoms with E-state index in [9.17, 15) is 4.79 Å². The first-order chi connectivity index (χ1) is 7.72. The van der Waals surface area contributed by atoms with Gasteiger partial charge >= 0.3 is 0 Å². The van der Waals surface area contributed by atoms with Gasteiger partial charge in [0.1, 0.15) is 5.82 Å². The van der Waals surface area contributed by atoms with E-state index >= 15 is 0 Å². The van der Waals surface area contributed by atoms with Crippen LogP contribution in [0.25, 0.3) is 0 Å². The van der Waals surface area contributed by atoms with Crippen LogP contribution in [0.2, 0.25) is 0 Å². The van der Waals surface area contributed by atoms with Crippen molar-refractivity contribution < 1.29 is 4.79 Å². The zero-order valence-corrected chi connectivity index (χ0v) is 11.0. The van der Waals surface area contributed by atoms with E-state index in [0.717, 1.165) is 23.4 Å². The molecule has 2 heterocycles. The summed E-state index contributed by atoms with van der Waals surface area (Å²) >= 11 is 3.50. The van der Waals surface area contributed by atoms with Gasteiger partial charge in [0, 0.05) is 31.3 Å². The van der Waals surface area contributed by atoms with E-state index in [0.29, 0.717) is 12.0 Å². The number of hydrogen-bond donors (Lipinski definition) is 0. The second-order valence-electron chi connectivity index (χ2n) is 4.00. The van der Waals surface area contributed by atoms with Gasteiger partial charge in [0.15, 0.2) is 5.78 Å². The Morgan fingerprint density at radius 2 is 2.19 bits per heavy atom. The van der Waals surface area contributed by atoms with Crippen molar-refractivity contribution in [2.24, 2.45) is 0 Å². The van der Waals surface area contributed by atoms with Crippen LogP contribution < -0.4 is 4.90 Å². The van der Waals surface area contributed by atoms with E-state index in [1.54, 1.807) is 6.20 Å². The van der Waals surface area contributed by atoms with Crippen LogP contribution in [-0.2, 0) is 0 Å². The number of halogens is 1. The molecule has 1 saturated heterocycles. The summed E-state index contributed by atoms with van der Waals surface area (Å²) in [5.74, 6) is 1.10. The molecule has 4 heteroatoms. The molecular weight excluding hydrogens is 268 g/mol. The molecule has 0 radical (unpaired) electrons. The van der Waals surface area contributed by atoms with Crippen molar-refractivity contribution in [3.05, 3.63) is 22.3 Å². The SMILES string of the molecule is CCC(=O)c1cnc(N2CCCC2)c(Br)c1. The largest absolute Gasteiger partial charge is 0.356 e. The third-order valence-electron chi connectivity index (χ3n) is 2.87. The number of carbonyl (C=O) groups is 1. The minimum atomic E-state index is 0.140. The summed E-state index contributed by atoms with van der Waals surface area (Å²) in [5.41, 5.74) is 0.692. The number of anilines is 1. The lowest BCUT2D eigenvalue weighted by molar-refractivity contribution is 0.0988. The highest BCUT2D eigenvalue weighted by Gasteiger charge is 2.17. The minimum absolute atomic E-state index is 0.140. The highest BCUT2D eigenvalue weighted by Crippen LogP contribution is 2.27. The van der Waals surface area contributed by atoms with E-state index in [1.807, 2.05) is 13.0 Å². The second-order valence-corrected chi connectivity index (χ2v) is 4.85. The Kier molecular flexibility index (Phi) is 3.59. The zero-order valence-electron chi connectivity index (χ0n) is 9.37. The topological polar surface area (TPSA) is 33.2 Å². The third-order valence-corrected chi connectivity index (χ3v) is 3.45. The van der Waals surface area contributed by atoms with Crippen LogP contribution in [0.5, 0.6) is 0 Å². The number of aromatic nitrogens is 1. The van der Waals surface area contributed by atoms with Gasteiger partial charge in [-0.25, -0.2) is 4.98 Å². The number of hydrogen-bond acceptors (Lipinski definition) is 3. The van der Waals surface area contributed by atoms with Gasteiger partial charge in [-0.05, 0) is 34.8 Å². The maximum absolute atomic E-state index is 11.5. The highest BCUT2D eigenvalue weighted by atomic mass is 79.9. The predicted molar refractivity (Wildman–Crippen MR) is 68.0 cm³/mol. The molecule has 0 spiro atoms. The van der Waals surface area contributed by atoms with Gasteiger partial charge in [0.2, 0.25) is 0 Å². The second kappa shape index (κ2) is 4.95. The molecule has 1 fully saturated rings. The molecule has 2 rings (SSSR count). The molecule has 86 valence electrons. The summed E-state index contributed by atoms with van der Waals surface area (Å²) in [5, 5.41) is 0. The van der Waals surface area contributed by atoms with E-state index in [2.05, 4.69) is 25.8 Å². The van der Waals surface area contributed by atoms with Gasteiger partial charge in [0.25, 0.3) is 0 Å². The molecule has 0 atom stereocenters. The summed E-state index contributed by atoms with van der Waals surface area (Å²) < 4.78 is 0.925. The van der Waals surface area contributed by atoms with Crippen molar-refractivity contribution in [2.75, 3.05) is 18.0 Å². The summed E-state index contributed by atoms with van der Waals surface area (Å²) in [6.07, 6.45) is 4.66. The molecule has 1 aromatic heterocycles. The van der Waals surface area contributed by atoms with E-state index in [-0.39, 0.29) is 5.78 Å². The van der Waals surface area contributed by atoms with Crippen molar-refractivity contribution in [1.82, 2.24) is 4.98 Å². The van der Waals surface area contributed by atoms with Gasteiger partial charge in [-0.15, -0.1) is 0 Å². The Bertz CT molecular complexity index is 400. The van der Waals surface area contributed by atoms with Crippen molar-refractivity contribution in [1.29, 1.82) is 0 Å². The van der Waals surface area contributed by atoms with Crippen molar-refractivity contribution >= 4 is 27.5 Å². The van der Waals surface area contributed by atoms with Crippen LogP contribution in [-0.4, -0.2) is 23.9 Å². The molecule has 0 saturated carbocycles. The van der Waals surface area contributed by atoms with Crippen LogP contribution >= 0.6 is 15.9 Å². The van der Waals surface area contributed by atoms with Crippen molar-refractivity contribution in [3.63, 3.8) is 0 Å². The van der Waals surface area contributed by atoms with Crippen LogP contribution in [0, 0.1) is 0 Å².